The average Bonchev–Trinajstić information content (AvgIpc) is 3.04. The molecule has 0 bridgehead atoms. The van der Waals surface area contributed by atoms with E-state index in [-0.39, 0.29) is 0 Å². The first kappa shape index (κ1) is 11.6. The lowest BCUT2D eigenvalue weighted by Crippen LogP contribution is -2.19. The van der Waals surface area contributed by atoms with Crippen LogP contribution in [0.3, 0.4) is 0 Å². The Hall–Kier alpha value is -2.20. The summed E-state index contributed by atoms with van der Waals surface area (Å²) < 4.78 is 1.26. The maximum absolute atomic E-state index is 4.65. The number of allylic oxidation sites excluding steroid dienone is 4. The van der Waals surface area contributed by atoms with Crippen molar-refractivity contribution in [3.05, 3.63) is 57.7 Å². The van der Waals surface area contributed by atoms with Crippen LogP contribution in [-0.4, -0.2) is 17.0 Å². The fourth-order valence-electron chi connectivity index (χ4n) is 2.63. The van der Waals surface area contributed by atoms with Crippen molar-refractivity contribution in [2.75, 3.05) is 12.4 Å². The summed E-state index contributed by atoms with van der Waals surface area (Å²) in [5, 5.41) is 5.25. The molecule has 0 saturated heterocycles. The molecule has 3 nitrogen and oxygen atoms in total. The van der Waals surface area contributed by atoms with Crippen molar-refractivity contribution in [2.24, 2.45) is 0 Å². The van der Waals surface area contributed by atoms with Crippen LogP contribution in [0.5, 0.6) is 0 Å². The first-order valence-corrected chi connectivity index (χ1v) is 7.39. The monoisotopic (exact) mass is 279 g/mol. The number of fused-ring (bicyclic) bond motifs is 2. The minimum Gasteiger partial charge on any atom is -0.365 e. The smallest absolute Gasteiger partial charge is 0.183 e. The number of hydrogen-bond donors (Lipinski definition) is 1. The summed E-state index contributed by atoms with van der Waals surface area (Å²) in [5.74, 6) is 0. The van der Waals surface area contributed by atoms with E-state index in [2.05, 4.69) is 39.6 Å². The molecule has 2 aromatic heterocycles. The SMILES string of the molecule is CNc1nc2c(s1)=CC1=CC(c3cccnc3)=CCC=21. The summed E-state index contributed by atoms with van der Waals surface area (Å²) in [6, 6.07) is 4.08. The summed E-state index contributed by atoms with van der Waals surface area (Å²) in [6.45, 7) is 0. The Morgan fingerprint density at radius 3 is 3.00 bits per heavy atom. The van der Waals surface area contributed by atoms with Gasteiger partial charge in [-0.25, -0.2) is 4.98 Å². The number of anilines is 1. The summed E-state index contributed by atoms with van der Waals surface area (Å²) >= 11 is 1.71. The van der Waals surface area contributed by atoms with Crippen molar-refractivity contribution in [3.8, 4) is 0 Å². The van der Waals surface area contributed by atoms with E-state index in [1.165, 1.54) is 26.8 Å². The fraction of sp³-hybridized carbons (Fsp3) is 0.125. The van der Waals surface area contributed by atoms with Gasteiger partial charge in [0.15, 0.2) is 5.13 Å². The van der Waals surface area contributed by atoms with Gasteiger partial charge in [0, 0.05) is 19.4 Å². The average molecular weight is 279 g/mol. The topological polar surface area (TPSA) is 37.8 Å². The van der Waals surface area contributed by atoms with E-state index < -0.39 is 0 Å². The Morgan fingerprint density at radius 1 is 1.25 bits per heavy atom. The number of pyridine rings is 1. The molecule has 0 aromatic carbocycles. The number of nitrogens with zero attached hydrogens (tertiary/aromatic N) is 2. The quantitative estimate of drug-likeness (QED) is 0.913. The molecule has 2 aliphatic carbocycles. The highest BCUT2D eigenvalue weighted by Crippen LogP contribution is 2.31. The van der Waals surface area contributed by atoms with Crippen LogP contribution < -0.4 is 15.2 Å². The molecule has 4 rings (SSSR count). The normalized spacial score (nSPS) is 15.9. The van der Waals surface area contributed by atoms with Gasteiger partial charge in [-0.1, -0.05) is 23.5 Å². The Balaban J connectivity index is 1.80. The van der Waals surface area contributed by atoms with Gasteiger partial charge in [0.2, 0.25) is 0 Å². The molecular formula is C16H13N3S. The summed E-state index contributed by atoms with van der Waals surface area (Å²) in [4.78, 5) is 8.84. The van der Waals surface area contributed by atoms with E-state index in [0.717, 1.165) is 16.9 Å². The van der Waals surface area contributed by atoms with Gasteiger partial charge >= 0.3 is 0 Å². The predicted molar refractivity (Wildman–Crippen MR) is 83.7 cm³/mol. The molecule has 0 amide bonds. The number of hydrogen-bond acceptors (Lipinski definition) is 4. The molecule has 2 heterocycles. The number of rotatable bonds is 2. The Morgan fingerprint density at radius 2 is 2.20 bits per heavy atom. The molecule has 20 heavy (non-hydrogen) atoms. The molecule has 0 unspecified atom stereocenters. The summed E-state index contributed by atoms with van der Waals surface area (Å²) in [5.41, 5.74) is 5.05. The van der Waals surface area contributed by atoms with Crippen molar-refractivity contribution in [2.45, 2.75) is 6.42 Å². The predicted octanol–water partition coefficient (Wildman–Crippen LogP) is 1.94. The maximum Gasteiger partial charge on any atom is 0.183 e. The zero-order chi connectivity index (χ0) is 13.5. The largest absolute Gasteiger partial charge is 0.365 e. The van der Waals surface area contributed by atoms with Gasteiger partial charge in [-0.2, -0.15) is 0 Å². The minimum atomic E-state index is 0.937. The van der Waals surface area contributed by atoms with Gasteiger partial charge in [-0.05, 0) is 46.9 Å². The molecule has 4 heteroatoms. The molecule has 0 fully saturated rings. The highest BCUT2D eigenvalue weighted by Gasteiger charge is 2.18. The second-order valence-electron chi connectivity index (χ2n) is 4.81. The van der Waals surface area contributed by atoms with Gasteiger partial charge in [0.05, 0.1) is 9.88 Å². The molecule has 1 N–H and O–H groups in total. The Labute approximate surface area is 120 Å². The van der Waals surface area contributed by atoms with Gasteiger partial charge in [-0.3, -0.25) is 4.98 Å². The van der Waals surface area contributed by atoms with Crippen molar-refractivity contribution < 1.29 is 0 Å². The third kappa shape index (κ3) is 1.72. The van der Waals surface area contributed by atoms with Crippen molar-refractivity contribution in [1.82, 2.24) is 9.97 Å². The van der Waals surface area contributed by atoms with Crippen LogP contribution in [0.2, 0.25) is 0 Å². The molecule has 98 valence electrons. The van der Waals surface area contributed by atoms with Gasteiger partial charge in [-0.15, -0.1) is 0 Å². The second-order valence-corrected chi connectivity index (χ2v) is 5.84. The van der Waals surface area contributed by atoms with E-state index in [1.807, 2.05) is 19.3 Å². The third-order valence-corrected chi connectivity index (χ3v) is 4.64. The first-order chi connectivity index (χ1) is 9.85. The van der Waals surface area contributed by atoms with E-state index in [0.29, 0.717) is 0 Å². The number of aromatic nitrogens is 2. The standard InChI is InChI=1S/C16H13N3S/c1-17-16-19-15-13-5-4-10(11-3-2-6-18-9-11)7-12(13)8-14(15)20-16/h2-4,6-9H,5H2,1H3,(H,17,19). The highest BCUT2D eigenvalue weighted by molar-refractivity contribution is 7.13. The van der Waals surface area contributed by atoms with Gasteiger partial charge < -0.3 is 5.32 Å². The Bertz CT molecular complexity index is 857. The second kappa shape index (κ2) is 4.42. The lowest BCUT2D eigenvalue weighted by Gasteiger charge is -2.12. The van der Waals surface area contributed by atoms with Crippen molar-refractivity contribution in [1.29, 1.82) is 0 Å². The van der Waals surface area contributed by atoms with Gasteiger partial charge in [0.25, 0.3) is 0 Å². The zero-order valence-corrected chi connectivity index (χ0v) is 11.9. The van der Waals surface area contributed by atoms with Crippen molar-refractivity contribution >= 4 is 33.7 Å². The van der Waals surface area contributed by atoms with Crippen LogP contribution in [0.25, 0.3) is 17.2 Å². The molecule has 0 aliphatic heterocycles. The van der Waals surface area contributed by atoms with E-state index >= 15 is 0 Å². The van der Waals surface area contributed by atoms with Crippen LogP contribution in [0.4, 0.5) is 5.13 Å². The molecule has 0 radical (unpaired) electrons. The van der Waals surface area contributed by atoms with Crippen molar-refractivity contribution in [3.63, 3.8) is 0 Å². The molecule has 2 aliphatic rings. The molecule has 0 saturated carbocycles. The fourth-order valence-corrected chi connectivity index (χ4v) is 3.53. The van der Waals surface area contributed by atoms with Gasteiger partial charge in [0.1, 0.15) is 0 Å². The lowest BCUT2D eigenvalue weighted by atomic mass is 9.93. The number of thiazole rings is 1. The van der Waals surface area contributed by atoms with Crippen LogP contribution in [0, 0.1) is 0 Å². The summed E-state index contributed by atoms with van der Waals surface area (Å²) in [7, 11) is 1.91. The molecular weight excluding hydrogens is 266 g/mol. The van der Waals surface area contributed by atoms with Crippen LogP contribution in [-0.2, 0) is 0 Å². The molecule has 2 aromatic rings. The van der Waals surface area contributed by atoms with E-state index in [4.69, 9.17) is 0 Å². The van der Waals surface area contributed by atoms with Crippen LogP contribution in [0.15, 0.2) is 42.3 Å². The maximum atomic E-state index is 4.65. The lowest BCUT2D eigenvalue weighted by molar-refractivity contribution is 1.24. The highest BCUT2D eigenvalue weighted by atomic mass is 32.1. The van der Waals surface area contributed by atoms with Crippen LogP contribution in [0.1, 0.15) is 12.0 Å². The van der Waals surface area contributed by atoms with E-state index in [9.17, 15) is 0 Å². The van der Waals surface area contributed by atoms with Crippen LogP contribution >= 0.6 is 11.3 Å². The Kier molecular flexibility index (Phi) is 2.57. The zero-order valence-electron chi connectivity index (χ0n) is 11.1. The minimum absolute atomic E-state index is 0.937. The number of nitrogens with one attached hydrogen (secondary N) is 1. The third-order valence-electron chi connectivity index (χ3n) is 3.62. The first-order valence-electron chi connectivity index (χ1n) is 6.57. The van der Waals surface area contributed by atoms with E-state index in [1.54, 1.807) is 17.5 Å². The summed E-state index contributed by atoms with van der Waals surface area (Å²) in [6.07, 6.45) is 11.4. The molecule has 0 atom stereocenters. The molecule has 0 spiro atoms.